The Kier molecular flexibility index (Phi) is 5.05. The van der Waals surface area contributed by atoms with Gasteiger partial charge in [0, 0.05) is 12.7 Å². The molecule has 1 rings (SSSR count). The van der Waals surface area contributed by atoms with Crippen LogP contribution in [0.1, 0.15) is 25.3 Å². The average Bonchev–Trinajstić information content (AvgIpc) is 2.18. The Labute approximate surface area is 99.1 Å². The van der Waals surface area contributed by atoms with Gasteiger partial charge in [-0.2, -0.15) is 0 Å². The standard InChI is InChI=1S/C11H17BrN2O/c1-8-5-7-14-11(10(8)12)13-6-3-4-9(2)15/h5,7,9,15H,3-4,6H2,1-2H3,(H,13,14). The number of anilines is 1. The lowest BCUT2D eigenvalue weighted by atomic mass is 10.2. The second kappa shape index (κ2) is 6.08. The van der Waals surface area contributed by atoms with Gasteiger partial charge in [-0.15, -0.1) is 0 Å². The maximum Gasteiger partial charge on any atom is 0.140 e. The van der Waals surface area contributed by atoms with Crippen molar-refractivity contribution >= 4 is 21.7 Å². The Morgan fingerprint density at radius 2 is 2.33 bits per heavy atom. The van der Waals surface area contributed by atoms with Crippen molar-refractivity contribution in [3.05, 3.63) is 22.3 Å². The van der Waals surface area contributed by atoms with Gasteiger partial charge in [-0.05, 0) is 54.2 Å². The molecule has 1 unspecified atom stereocenters. The Bertz CT molecular complexity index is 315. The summed E-state index contributed by atoms with van der Waals surface area (Å²) in [5.41, 5.74) is 1.17. The van der Waals surface area contributed by atoms with E-state index in [-0.39, 0.29) is 6.10 Å². The van der Waals surface area contributed by atoms with Crippen LogP contribution in [-0.2, 0) is 0 Å². The third-order valence-electron chi connectivity index (χ3n) is 2.17. The van der Waals surface area contributed by atoms with E-state index in [0.717, 1.165) is 29.7 Å². The molecule has 0 radical (unpaired) electrons. The van der Waals surface area contributed by atoms with Crippen LogP contribution in [0.2, 0.25) is 0 Å². The monoisotopic (exact) mass is 272 g/mol. The molecule has 1 aromatic heterocycles. The summed E-state index contributed by atoms with van der Waals surface area (Å²) in [6.45, 7) is 4.67. The van der Waals surface area contributed by atoms with Crippen LogP contribution in [0.15, 0.2) is 16.7 Å². The molecule has 1 aromatic rings. The minimum atomic E-state index is -0.222. The molecular weight excluding hydrogens is 256 g/mol. The molecule has 0 aliphatic carbocycles. The summed E-state index contributed by atoms with van der Waals surface area (Å²) >= 11 is 3.49. The number of hydrogen-bond acceptors (Lipinski definition) is 3. The first-order valence-corrected chi connectivity index (χ1v) is 5.93. The number of pyridine rings is 1. The van der Waals surface area contributed by atoms with Gasteiger partial charge >= 0.3 is 0 Å². The molecule has 15 heavy (non-hydrogen) atoms. The van der Waals surface area contributed by atoms with Gasteiger partial charge in [0.25, 0.3) is 0 Å². The van der Waals surface area contributed by atoms with Crippen molar-refractivity contribution in [2.75, 3.05) is 11.9 Å². The first-order valence-electron chi connectivity index (χ1n) is 5.14. The van der Waals surface area contributed by atoms with Crippen LogP contribution in [-0.4, -0.2) is 22.7 Å². The van der Waals surface area contributed by atoms with E-state index in [1.54, 1.807) is 13.1 Å². The summed E-state index contributed by atoms with van der Waals surface area (Å²) in [4.78, 5) is 4.24. The molecule has 0 amide bonds. The van der Waals surface area contributed by atoms with Gasteiger partial charge in [0.1, 0.15) is 5.82 Å². The van der Waals surface area contributed by atoms with Crippen LogP contribution < -0.4 is 5.32 Å². The summed E-state index contributed by atoms with van der Waals surface area (Å²) in [5.74, 6) is 0.876. The Morgan fingerprint density at radius 1 is 1.60 bits per heavy atom. The van der Waals surface area contributed by atoms with Crippen molar-refractivity contribution in [3.8, 4) is 0 Å². The number of halogens is 1. The predicted octanol–water partition coefficient (Wildman–Crippen LogP) is 2.73. The fourth-order valence-electron chi connectivity index (χ4n) is 1.27. The first-order chi connectivity index (χ1) is 7.11. The van der Waals surface area contributed by atoms with Crippen LogP contribution in [0.4, 0.5) is 5.82 Å². The normalized spacial score (nSPS) is 12.5. The maximum atomic E-state index is 9.10. The van der Waals surface area contributed by atoms with Crippen LogP contribution >= 0.6 is 15.9 Å². The number of aliphatic hydroxyl groups is 1. The second-order valence-electron chi connectivity index (χ2n) is 3.71. The Balaban J connectivity index is 2.41. The van der Waals surface area contributed by atoms with Crippen LogP contribution in [0.25, 0.3) is 0 Å². The fourth-order valence-corrected chi connectivity index (χ4v) is 1.64. The Morgan fingerprint density at radius 3 is 3.00 bits per heavy atom. The molecule has 0 aliphatic heterocycles. The maximum absolute atomic E-state index is 9.10. The van der Waals surface area contributed by atoms with Crippen LogP contribution in [0, 0.1) is 6.92 Å². The largest absolute Gasteiger partial charge is 0.393 e. The lowest BCUT2D eigenvalue weighted by Crippen LogP contribution is -2.08. The van der Waals surface area contributed by atoms with Gasteiger partial charge in [-0.3, -0.25) is 0 Å². The molecule has 1 atom stereocenters. The number of rotatable bonds is 5. The highest BCUT2D eigenvalue weighted by atomic mass is 79.9. The smallest absolute Gasteiger partial charge is 0.140 e. The quantitative estimate of drug-likeness (QED) is 0.811. The highest BCUT2D eigenvalue weighted by molar-refractivity contribution is 9.10. The number of nitrogens with one attached hydrogen (secondary N) is 1. The predicted molar refractivity (Wildman–Crippen MR) is 66.1 cm³/mol. The van der Waals surface area contributed by atoms with Crippen molar-refractivity contribution in [1.29, 1.82) is 0 Å². The van der Waals surface area contributed by atoms with E-state index in [1.807, 2.05) is 13.0 Å². The number of hydrogen-bond donors (Lipinski definition) is 2. The molecule has 0 aromatic carbocycles. The second-order valence-corrected chi connectivity index (χ2v) is 4.50. The number of aromatic nitrogens is 1. The number of aliphatic hydroxyl groups excluding tert-OH is 1. The van der Waals surface area contributed by atoms with Gasteiger partial charge < -0.3 is 10.4 Å². The molecule has 3 nitrogen and oxygen atoms in total. The fraction of sp³-hybridized carbons (Fsp3) is 0.545. The van der Waals surface area contributed by atoms with Gasteiger partial charge in [-0.1, -0.05) is 0 Å². The lowest BCUT2D eigenvalue weighted by Gasteiger charge is -2.09. The van der Waals surface area contributed by atoms with E-state index in [9.17, 15) is 0 Å². The van der Waals surface area contributed by atoms with Crippen molar-refractivity contribution in [1.82, 2.24) is 4.98 Å². The zero-order valence-corrected chi connectivity index (χ0v) is 10.7. The summed E-state index contributed by atoms with van der Waals surface area (Å²) in [5, 5.41) is 12.3. The third-order valence-corrected chi connectivity index (χ3v) is 3.17. The zero-order valence-electron chi connectivity index (χ0n) is 9.13. The number of aryl methyl sites for hydroxylation is 1. The first kappa shape index (κ1) is 12.5. The van der Waals surface area contributed by atoms with Gasteiger partial charge in [0.15, 0.2) is 0 Å². The van der Waals surface area contributed by atoms with Crippen molar-refractivity contribution < 1.29 is 5.11 Å². The molecule has 4 heteroatoms. The molecule has 0 saturated carbocycles. The van der Waals surface area contributed by atoms with E-state index in [1.165, 1.54) is 5.56 Å². The molecule has 2 N–H and O–H groups in total. The summed E-state index contributed by atoms with van der Waals surface area (Å²) in [7, 11) is 0. The van der Waals surface area contributed by atoms with Crippen molar-refractivity contribution in [2.45, 2.75) is 32.8 Å². The van der Waals surface area contributed by atoms with Crippen LogP contribution in [0.3, 0.4) is 0 Å². The lowest BCUT2D eigenvalue weighted by molar-refractivity contribution is 0.183. The molecule has 0 bridgehead atoms. The van der Waals surface area contributed by atoms with E-state index in [0.29, 0.717) is 0 Å². The van der Waals surface area contributed by atoms with Gasteiger partial charge in [-0.25, -0.2) is 4.98 Å². The van der Waals surface area contributed by atoms with Crippen molar-refractivity contribution in [2.24, 2.45) is 0 Å². The molecule has 1 heterocycles. The van der Waals surface area contributed by atoms with E-state index in [4.69, 9.17) is 5.11 Å². The summed E-state index contributed by atoms with van der Waals surface area (Å²) in [6.07, 6.45) is 3.33. The van der Waals surface area contributed by atoms with E-state index < -0.39 is 0 Å². The van der Waals surface area contributed by atoms with Gasteiger partial charge in [0.2, 0.25) is 0 Å². The molecule has 84 valence electrons. The highest BCUT2D eigenvalue weighted by Crippen LogP contribution is 2.23. The van der Waals surface area contributed by atoms with Gasteiger partial charge in [0.05, 0.1) is 10.6 Å². The summed E-state index contributed by atoms with van der Waals surface area (Å²) < 4.78 is 1.02. The average molecular weight is 273 g/mol. The van der Waals surface area contributed by atoms with E-state index >= 15 is 0 Å². The highest BCUT2D eigenvalue weighted by Gasteiger charge is 2.02. The zero-order chi connectivity index (χ0) is 11.3. The summed E-state index contributed by atoms with van der Waals surface area (Å²) in [6, 6.07) is 1.96. The molecule has 0 aliphatic rings. The molecule has 0 saturated heterocycles. The number of nitrogens with zero attached hydrogens (tertiary/aromatic N) is 1. The topological polar surface area (TPSA) is 45.2 Å². The third kappa shape index (κ3) is 4.18. The molecule has 0 fully saturated rings. The van der Waals surface area contributed by atoms with Crippen LogP contribution in [0.5, 0.6) is 0 Å². The minimum Gasteiger partial charge on any atom is -0.393 e. The van der Waals surface area contributed by atoms with Crippen molar-refractivity contribution in [3.63, 3.8) is 0 Å². The Hall–Kier alpha value is -0.610. The van der Waals surface area contributed by atoms with E-state index in [2.05, 4.69) is 26.2 Å². The molecule has 0 spiro atoms. The SMILES string of the molecule is Cc1ccnc(NCCCC(C)O)c1Br. The molecular formula is C11H17BrN2O. The minimum absolute atomic E-state index is 0.222.